The van der Waals surface area contributed by atoms with Crippen LogP contribution in [-0.4, -0.2) is 176 Å². The highest BCUT2D eigenvalue weighted by atomic mass is 16.3. The number of hydrogen-bond acceptors (Lipinski definition) is 12. The topological polar surface area (TPSA) is 205 Å². The zero-order chi connectivity index (χ0) is 48.0. The summed E-state index contributed by atoms with van der Waals surface area (Å²) in [5, 5.41) is 33.2. The second-order valence-electron chi connectivity index (χ2n) is 21.0. The molecule has 18 heteroatoms. The molecule has 0 aliphatic carbocycles. The molecule has 10 heterocycles. The Morgan fingerprint density at radius 2 is 1.20 bits per heavy atom. The van der Waals surface area contributed by atoms with Gasteiger partial charge in [0, 0.05) is 147 Å². The summed E-state index contributed by atoms with van der Waals surface area (Å²) in [6.07, 6.45) is 7.22. The van der Waals surface area contributed by atoms with Gasteiger partial charge in [-0.1, -0.05) is 48.5 Å². The Labute approximate surface area is 407 Å². The third-order valence-corrected chi connectivity index (χ3v) is 15.6. The van der Waals surface area contributed by atoms with Gasteiger partial charge in [-0.3, -0.25) is 29.0 Å². The van der Waals surface area contributed by atoms with Crippen LogP contribution in [0.15, 0.2) is 79.3 Å². The van der Waals surface area contributed by atoms with Crippen molar-refractivity contribution in [3.05, 3.63) is 124 Å². The molecule has 3 aromatic heterocycles. The van der Waals surface area contributed by atoms with Crippen molar-refractivity contribution in [2.45, 2.75) is 57.5 Å². The van der Waals surface area contributed by atoms with Gasteiger partial charge < -0.3 is 50.2 Å². The summed E-state index contributed by atoms with van der Waals surface area (Å²) in [4.78, 5) is 68.3. The number of aromatic nitrogens is 4. The molecular weight excluding hydrogens is 889 g/mol. The number of hydrogen-bond donors (Lipinski definition) is 6. The number of likely N-dealkylation sites (tertiary alicyclic amines) is 2. The Kier molecular flexibility index (Phi) is 12.8. The Morgan fingerprint density at radius 1 is 0.657 bits per heavy atom. The Balaban J connectivity index is 0.000000152. The van der Waals surface area contributed by atoms with Crippen molar-refractivity contribution in [3.63, 3.8) is 0 Å². The summed E-state index contributed by atoms with van der Waals surface area (Å²) in [6, 6.07) is 20.3. The van der Waals surface area contributed by atoms with Crippen LogP contribution in [0, 0.1) is 16.7 Å². The molecule has 7 aliphatic rings. The number of β-amino-alcohol motifs (C(OH)–C–C–N with tert-alkyl or cyclic N) is 2. The largest absolute Gasteiger partial charge is 0.390 e. The second-order valence-corrected chi connectivity index (χ2v) is 21.0. The van der Waals surface area contributed by atoms with Crippen LogP contribution >= 0.6 is 0 Å². The molecular formula is C52H64N12O6. The summed E-state index contributed by atoms with van der Waals surface area (Å²) in [6.45, 7) is 12.7. The number of carbonyl (C=O) groups is 4. The van der Waals surface area contributed by atoms with Crippen molar-refractivity contribution in [3.8, 4) is 0 Å². The Morgan fingerprint density at radius 3 is 1.76 bits per heavy atom. The Bertz CT molecular complexity index is 2770. The van der Waals surface area contributed by atoms with Crippen molar-refractivity contribution in [1.29, 1.82) is 0 Å². The summed E-state index contributed by atoms with van der Waals surface area (Å²) in [7, 11) is 0. The van der Waals surface area contributed by atoms with Gasteiger partial charge in [0.05, 0.1) is 23.7 Å². The first-order chi connectivity index (χ1) is 34.0. The van der Waals surface area contributed by atoms with E-state index in [1.165, 1.54) is 22.3 Å². The SMILES string of the molecule is O=C(NC[C@@H](O)CN1CCc2ccccc2C1)c1cn2c(n1)CCC(C(=O)N1CC3(CNC3)C1)C2.O=C(NC[C@@H](O)CN1CCc2ccccc2C1)c1cn2cc(C(=O)N3CC4(CNC4)C3)ccc2n1. The monoisotopic (exact) mass is 953 g/mol. The number of fused-ring (bicyclic) bond motifs is 4. The third-order valence-electron chi connectivity index (χ3n) is 15.6. The molecule has 2 aromatic carbocycles. The number of aliphatic hydroxyl groups is 2. The third kappa shape index (κ3) is 9.72. The molecule has 4 fully saturated rings. The predicted molar refractivity (Wildman–Crippen MR) is 260 cm³/mol. The first-order valence-corrected chi connectivity index (χ1v) is 25.0. The first-order valence-electron chi connectivity index (χ1n) is 25.0. The van der Waals surface area contributed by atoms with E-state index in [1.54, 1.807) is 35.1 Å². The molecule has 3 atom stereocenters. The second kappa shape index (κ2) is 19.3. The van der Waals surface area contributed by atoms with Gasteiger partial charge in [0.2, 0.25) is 5.91 Å². The molecule has 7 aliphatic heterocycles. The zero-order valence-corrected chi connectivity index (χ0v) is 39.7. The van der Waals surface area contributed by atoms with Crippen LogP contribution in [0.3, 0.4) is 0 Å². The van der Waals surface area contributed by atoms with Crippen LogP contribution in [0.4, 0.5) is 0 Å². The molecule has 5 aromatic rings. The van der Waals surface area contributed by atoms with Gasteiger partial charge in [-0.15, -0.1) is 0 Å². The van der Waals surface area contributed by atoms with Crippen LogP contribution in [0.5, 0.6) is 0 Å². The smallest absolute Gasteiger partial charge is 0.271 e. The fraction of sp³-hybridized carbons (Fsp3) is 0.500. The van der Waals surface area contributed by atoms with E-state index in [4.69, 9.17) is 0 Å². The average molecular weight is 953 g/mol. The van der Waals surface area contributed by atoms with E-state index in [0.29, 0.717) is 48.4 Å². The molecule has 0 radical (unpaired) electrons. The number of rotatable bonds is 12. The minimum atomic E-state index is -0.670. The van der Waals surface area contributed by atoms with E-state index < -0.39 is 12.2 Å². The minimum absolute atomic E-state index is 0.00702. The van der Waals surface area contributed by atoms with Crippen LogP contribution in [0.25, 0.3) is 5.65 Å². The maximum Gasteiger partial charge on any atom is 0.271 e. The van der Waals surface area contributed by atoms with Crippen LogP contribution in [0.1, 0.15) is 65.8 Å². The number of pyridine rings is 1. The van der Waals surface area contributed by atoms with E-state index in [2.05, 4.69) is 83.5 Å². The minimum Gasteiger partial charge on any atom is -0.390 e. The number of nitrogens with zero attached hydrogens (tertiary/aromatic N) is 8. The standard InChI is InChI=1S/C26H34N6O3.C26H30N6O3/c2*33-21(12-30-8-7-18-3-1-2-4-19(18)10-30)9-28-24(34)22-13-31-11-20(5-6-23(31)29-22)25(35)32-16-26(17-32)14-27-15-26/h1-4,13,20-21,27,33H,5-12,14-17H2,(H,28,34);1-6,11,13,21,27,33H,7-10,12,14-17H2,(H,28,34)/t20?,21-;21-/m11/s1. The fourth-order valence-electron chi connectivity index (χ4n) is 11.4. The van der Waals surface area contributed by atoms with Crippen molar-refractivity contribution in [2.24, 2.45) is 16.7 Å². The normalized spacial score (nSPS) is 21.6. The Hall–Kier alpha value is -6.02. The fourth-order valence-corrected chi connectivity index (χ4v) is 11.4. The molecule has 6 N–H and O–H groups in total. The highest BCUT2D eigenvalue weighted by Gasteiger charge is 2.51. The molecule has 4 amide bonds. The van der Waals surface area contributed by atoms with Gasteiger partial charge in [0.25, 0.3) is 17.7 Å². The van der Waals surface area contributed by atoms with Crippen LogP contribution in [0.2, 0.25) is 0 Å². The van der Waals surface area contributed by atoms with Crippen molar-refractivity contribution in [1.82, 2.24) is 59.8 Å². The molecule has 4 saturated heterocycles. The number of carbonyl (C=O) groups excluding carboxylic acids is 4. The van der Waals surface area contributed by atoms with E-state index in [1.807, 2.05) is 20.4 Å². The summed E-state index contributed by atoms with van der Waals surface area (Å²) in [5.41, 5.74) is 7.77. The lowest BCUT2D eigenvalue weighted by atomic mass is 9.74. The van der Waals surface area contributed by atoms with Gasteiger partial charge in [0.1, 0.15) is 22.9 Å². The lowest BCUT2D eigenvalue weighted by Crippen LogP contribution is -2.72. The molecule has 0 saturated carbocycles. The predicted octanol–water partition coefficient (Wildman–Crippen LogP) is 0.555. The number of aryl methyl sites for hydroxylation is 1. The van der Waals surface area contributed by atoms with E-state index in [0.717, 1.165) is 104 Å². The molecule has 70 heavy (non-hydrogen) atoms. The van der Waals surface area contributed by atoms with Crippen molar-refractivity contribution in [2.75, 3.05) is 91.6 Å². The van der Waals surface area contributed by atoms with E-state index in [9.17, 15) is 29.4 Å². The van der Waals surface area contributed by atoms with Crippen LogP contribution < -0.4 is 21.3 Å². The number of amides is 4. The summed E-state index contributed by atoms with van der Waals surface area (Å²) in [5.74, 6) is 0.431. The molecule has 368 valence electrons. The number of imidazole rings is 2. The average Bonchev–Trinajstić information content (AvgIpc) is 3.95. The number of nitrogens with one attached hydrogen (secondary N) is 4. The zero-order valence-electron chi connectivity index (χ0n) is 39.7. The summed E-state index contributed by atoms with van der Waals surface area (Å²) < 4.78 is 3.67. The van der Waals surface area contributed by atoms with Gasteiger partial charge in [-0.05, 0) is 53.6 Å². The lowest BCUT2D eigenvalue weighted by Gasteiger charge is -2.56. The molecule has 18 nitrogen and oxygen atoms in total. The maximum absolute atomic E-state index is 12.9. The summed E-state index contributed by atoms with van der Waals surface area (Å²) >= 11 is 0. The highest BCUT2D eigenvalue weighted by Crippen LogP contribution is 2.37. The van der Waals surface area contributed by atoms with Gasteiger partial charge in [-0.2, -0.15) is 0 Å². The molecule has 2 spiro atoms. The first kappa shape index (κ1) is 46.4. The molecule has 12 rings (SSSR count). The van der Waals surface area contributed by atoms with E-state index in [-0.39, 0.29) is 53.7 Å². The lowest BCUT2D eigenvalue weighted by molar-refractivity contribution is -0.152. The van der Waals surface area contributed by atoms with E-state index >= 15 is 0 Å². The van der Waals surface area contributed by atoms with Gasteiger partial charge in [-0.25, -0.2) is 9.97 Å². The van der Waals surface area contributed by atoms with Gasteiger partial charge >= 0.3 is 0 Å². The number of aliphatic hydroxyl groups excluding tert-OH is 2. The molecule has 1 unspecified atom stereocenters. The van der Waals surface area contributed by atoms with Crippen LogP contribution in [-0.2, 0) is 43.7 Å². The van der Waals surface area contributed by atoms with Crippen molar-refractivity contribution < 1.29 is 29.4 Å². The number of benzene rings is 2. The van der Waals surface area contributed by atoms with Crippen molar-refractivity contribution >= 4 is 29.3 Å². The highest BCUT2D eigenvalue weighted by molar-refractivity contribution is 5.96. The van der Waals surface area contributed by atoms with Gasteiger partial charge in [0.15, 0.2) is 0 Å². The quantitative estimate of drug-likeness (QED) is 0.102. The maximum atomic E-state index is 12.9. The molecule has 0 bridgehead atoms.